The summed E-state index contributed by atoms with van der Waals surface area (Å²) in [6.45, 7) is 8.11. The van der Waals surface area contributed by atoms with Gasteiger partial charge in [0.15, 0.2) is 5.78 Å². The second-order valence-electron chi connectivity index (χ2n) is 13.9. The minimum Gasteiger partial charge on any atom is -0.494 e. The molecule has 1 unspecified atom stereocenters. The van der Waals surface area contributed by atoms with E-state index in [4.69, 9.17) is 19.0 Å². The summed E-state index contributed by atoms with van der Waals surface area (Å²) < 4.78 is 15.4. The quantitative estimate of drug-likeness (QED) is 0.0288. The Labute approximate surface area is 344 Å². The van der Waals surface area contributed by atoms with Gasteiger partial charge in [0.1, 0.15) is 18.1 Å². The van der Waals surface area contributed by atoms with Gasteiger partial charge in [0, 0.05) is 19.9 Å². The van der Waals surface area contributed by atoms with E-state index in [-0.39, 0.29) is 33.8 Å². The first kappa shape index (κ1) is 46.8. The standard InChI is InChI=1S/C44H58N4O10.2H2/c1-7-11-13-19-36(39(9-3)48(29-49)58-28-30-17-14-12-15-18-30)42(52)46-47-43(53)38-21-16-20-37(45-38)33-24-34(26-35(25-33)57-10-4)41(51)31(8-2)22-23-32(44(54)56-6)27-40(50)55-5;;/h12,14-18,20-21,24-26,29,31-32,36,39H,7-11,13,19,22-23,27-28H2,1-6H3,(H,46,52)(H,47,53);2*1H/t31?,32-,36+,39+;;/m0../s1. The Balaban J connectivity index is 0.00000900. The van der Waals surface area contributed by atoms with Crippen LogP contribution in [0, 0.1) is 17.8 Å². The highest BCUT2D eigenvalue weighted by Gasteiger charge is 2.33. The van der Waals surface area contributed by atoms with E-state index in [0.29, 0.717) is 61.3 Å². The van der Waals surface area contributed by atoms with Gasteiger partial charge in [0.25, 0.3) is 5.91 Å². The number of pyridine rings is 1. The number of methoxy groups -OCH3 is 2. The first-order chi connectivity index (χ1) is 28.0. The Hall–Kier alpha value is -5.63. The van der Waals surface area contributed by atoms with E-state index >= 15 is 0 Å². The number of carbonyl (C=O) groups excluding carboxylic acids is 6. The third kappa shape index (κ3) is 14.1. The van der Waals surface area contributed by atoms with Gasteiger partial charge in [0.2, 0.25) is 12.3 Å². The van der Waals surface area contributed by atoms with Crippen molar-refractivity contribution in [1.29, 1.82) is 0 Å². The van der Waals surface area contributed by atoms with E-state index in [1.54, 1.807) is 30.3 Å². The van der Waals surface area contributed by atoms with Crippen LogP contribution in [0.1, 0.15) is 115 Å². The fourth-order valence-corrected chi connectivity index (χ4v) is 6.73. The van der Waals surface area contributed by atoms with Crippen molar-refractivity contribution < 1.29 is 50.7 Å². The van der Waals surface area contributed by atoms with Crippen LogP contribution in [-0.2, 0) is 40.1 Å². The zero-order valence-electron chi connectivity index (χ0n) is 34.5. The average Bonchev–Trinajstić information content (AvgIpc) is 3.25. The summed E-state index contributed by atoms with van der Waals surface area (Å²) in [4.78, 5) is 88.0. The highest BCUT2D eigenvalue weighted by Crippen LogP contribution is 2.30. The van der Waals surface area contributed by atoms with Crippen LogP contribution in [0.3, 0.4) is 0 Å². The number of benzene rings is 2. The molecule has 0 spiro atoms. The molecule has 0 bridgehead atoms. The topological polar surface area (TPSA) is 180 Å². The lowest BCUT2D eigenvalue weighted by molar-refractivity contribution is -0.200. The summed E-state index contributed by atoms with van der Waals surface area (Å²) in [5.41, 5.74) is 7.18. The van der Waals surface area contributed by atoms with Crippen LogP contribution in [0.5, 0.6) is 5.75 Å². The predicted molar refractivity (Wildman–Crippen MR) is 221 cm³/mol. The number of hydrazine groups is 1. The number of unbranched alkanes of at least 4 members (excludes halogenated alkanes) is 2. The molecule has 0 saturated carbocycles. The van der Waals surface area contributed by atoms with Gasteiger partial charge < -0.3 is 14.2 Å². The molecule has 3 rings (SSSR count). The highest BCUT2D eigenvalue weighted by molar-refractivity contribution is 5.99. The van der Waals surface area contributed by atoms with E-state index in [9.17, 15) is 28.8 Å². The number of ether oxygens (including phenoxy) is 3. The molecule has 0 aliphatic rings. The van der Waals surface area contributed by atoms with E-state index in [0.717, 1.165) is 24.8 Å². The lowest BCUT2D eigenvalue weighted by Gasteiger charge is -2.32. The van der Waals surface area contributed by atoms with Gasteiger partial charge in [-0.05, 0) is 74.9 Å². The fourth-order valence-electron chi connectivity index (χ4n) is 6.73. The van der Waals surface area contributed by atoms with Gasteiger partial charge in [-0.3, -0.25) is 44.5 Å². The number of carbonyl (C=O) groups is 6. The van der Waals surface area contributed by atoms with Gasteiger partial charge in [-0.15, -0.1) is 0 Å². The van der Waals surface area contributed by atoms with Crippen LogP contribution in [0.2, 0.25) is 0 Å². The largest absolute Gasteiger partial charge is 0.494 e. The summed E-state index contributed by atoms with van der Waals surface area (Å²) >= 11 is 0. The highest BCUT2D eigenvalue weighted by atomic mass is 16.7. The second-order valence-corrected chi connectivity index (χ2v) is 13.9. The lowest BCUT2D eigenvalue weighted by atomic mass is 9.86. The van der Waals surface area contributed by atoms with Crippen LogP contribution in [-0.4, -0.2) is 72.9 Å². The Kier molecular flexibility index (Phi) is 20.1. The Morgan fingerprint density at radius 2 is 1.57 bits per heavy atom. The molecular formula is C44H62N4O10. The summed E-state index contributed by atoms with van der Waals surface area (Å²) in [7, 11) is 2.50. The normalized spacial score (nSPS) is 12.9. The van der Waals surface area contributed by atoms with Crippen LogP contribution in [0.4, 0.5) is 0 Å². The van der Waals surface area contributed by atoms with E-state index in [1.165, 1.54) is 25.3 Å². The van der Waals surface area contributed by atoms with Crippen molar-refractivity contribution in [3.05, 3.63) is 83.6 Å². The maximum Gasteiger partial charge on any atom is 0.309 e. The SMILES string of the molecule is CCCCC[C@@H](C(=O)NNC(=O)c1cccc(-c2cc(OCC)cc(C(=O)C(CC)CC[C@@H](CC(=O)OC)C(=O)OC)c2)n1)[C@@H](CC)N(C=O)OCc1ccccc1.[HH].[HH]. The van der Waals surface area contributed by atoms with Gasteiger partial charge >= 0.3 is 11.9 Å². The van der Waals surface area contributed by atoms with Gasteiger partial charge in [-0.2, -0.15) is 0 Å². The number of ketones is 1. The van der Waals surface area contributed by atoms with Crippen LogP contribution in [0.15, 0.2) is 66.7 Å². The number of nitrogens with zero attached hydrogens (tertiary/aromatic N) is 2. The zero-order valence-corrected chi connectivity index (χ0v) is 34.5. The number of aromatic nitrogens is 1. The van der Waals surface area contributed by atoms with Crippen molar-refractivity contribution in [3.8, 4) is 17.0 Å². The van der Waals surface area contributed by atoms with Crippen molar-refractivity contribution >= 4 is 35.9 Å². The molecule has 2 aromatic carbocycles. The third-order valence-corrected chi connectivity index (χ3v) is 9.97. The molecule has 0 radical (unpaired) electrons. The second kappa shape index (κ2) is 24.9. The first-order valence-corrected chi connectivity index (χ1v) is 20.0. The van der Waals surface area contributed by atoms with Crippen molar-refractivity contribution in [2.75, 3.05) is 20.8 Å². The molecule has 3 amide bonds. The van der Waals surface area contributed by atoms with Gasteiger partial charge in [-0.1, -0.05) is 76.4 Å². The van der Waals surface area contributed by atoms with Gasteiger partial charge in [0.05, 0.1) is 50.8 Å². The first-order valence-electron chi connectivity index (χ1n) is 20.0. The average molecular weight is 807 g/mol. The summed E-state index contributed by atoms with van der Waals surface area (Å²) in [5.74, 6) is -3.89. The smallest absolute Gasteiger partial charge is 0.309 e. The van der Waals surface area contributed by atoms with Crippen LogP contribution < -0.4 is 15.6 Å². The van der Waals surface area contributed by atoms with Crippen molar-refractivity contribution in [2.24, 2.45) is 17.8 Å². The van der Waals surface area contributed by atoms with Crippen LogP contribution in [0.25, 0.3) is 11.3 Å². The number of nitrogens with one attached hydrogen (secondary N) is 2. The molecule has 2 N–H and O–H groups in total. The number of esters is 2. The summed E-state index contributed by atoms with van der Waals surface area (Å²) in [6.07, 6.45) is 4.94. The number of hydrogen-bond acceptors (Lipinski definition) is 11. The monoisotopic (exact) mass is 806 g/mol. The molecule has 14 nitrogen and oxygen atoms in total. The fraction of sp³-hybridized carbons (Fsp3) is 0.477. The lowest BCUT2D eigenvalue weighted by Crippen LogP contribution is -2.51. The van der Waals surface area contributed by atoms with E-state index in [1.807, 2.05) is 51.1 Å². The summed E-state index contributed by atoms with van der Waals surface area (Å²) in [6, 6.07) is 18.7. The molecule has 3 aromatic rings. The van der Waals surface area contributed by atoms with Gasteiger partial charge in [-0.25, -0.2) is 10.0 Å². The number of rotatable bonds is 25. The molecule has 1 aromatic heterocycles. The molecule has 0 saturated heterocycles. The molecule has 0 aliphatic carbocycles. The van der Waals surface area contributed by atoms with Crippen molar-refractivity contribution in [2.45, 2.75) is 98.1 Å². The molecule has 58 heavy (non-hydrogen) atoms. The number of hydrogen-bond donors (Lipinski definition) is 2. The van der Waals surface area contributed by atoms with Crippen molar-refractivity contribution in [1.82, 2.24) is 20.9 Å². The molecular weight excluding hydrogens is 745 g/mol. The Bertz CT molecular complexity index is 1820. The Morgan fingerprint density at radius 1 is 0.828 bits per heavy atom. The summed E-state index contributed by atoms with van der Waals surface area (Å²) in [5, 5.41) is 1.19. The van der Waals surface area contributed by atoms with Crippen molar-refractivity contribution in [3.63, 3.8) is 0 Å². The molecule has 14 heteroatoms. The maximum atomic E-state index is 13.9. The molecule has 0 aliphatic heterocycles. The molecule has 318 valence electrons. The van der Waals surface area contributed by atoms with E-state index < -0.39 is 47.5 Å². The number of hydroxylamine groups is 2. The minimum atomic E-state index is -0.752. The number of Topliss-reactive ketones (excluding diaryl/α,β-unsaturated/α-hetero) is 1. The minimum absolute atomic E-state index is 0. The molecule has 0 fully saturated rings. The van der Waals surface area contributed by atoms with Crippen LogP contribution >= 0.6 is 0 Å². The molecule has 1 heterocycles. The predicted octanol–water partition coefficient (Wildman–Crippen LogP) is 7.31. The maximum absolute atomic E-state index is 13.9. The van der Waals surface area contributed by atoms with E-state index in [2.05, 4.69) is 22.8 Å². The zero-order chi connectivity index (χ0) is 42.5. The molecule has 4 atom stereocenters. The Morgan fingerprint density at radius 3 is 2.21 bits per heavy atom. The third-order valence-electron chi connectivity index (χ3n) is 9.97. The number of amides is 3.